The molecule has 2 aromatic rings. The van der Waals surface area contributed by atoms with Crippen LogP contribution in [0, 0.1) is 6.92 Å². The number of ether oxygens (including phenoxy) is 1. The molecule has 4 nitrogen and oxygen atoms in total. The standard InChI is InChI=1S/C18H22N2O2/c1-4-17(14-10-8-13(2)9-11-14)20-18(21)19-15-6-5-7-16(12-15)22-3/h5-12,17H,4H2,1-3H3,(H2,19,20,21). The number of amides is 2. The van der Waals surface area contributed by atoms with Crippen molar-refractivity contribution in [1.29, 1.82) is 0 Å². The largest absolute Gasteiger partial charge is 0.497 e. The van der Waals surface area contributed by atoms with E-state index in [1.54, 1.807) is 13.2 Å². The molecule has 0 radical (unpaired) electrons. The van der Waals surface area contributed by atoms with Gasteiger partial charge in [0.2, 0.25) is 0 Å². The number of rotatable bonds is 5. The molecule has 2 aromatic carbocycles. The average Bonchev–Trinajstić information content (AvgIpc) is 2.53. The Hall–Kier alpha value is -2.49. The SMILES string of the molecule is CCC(NC(=O)Nc1cccc(OC)c1)c1ccc(C)cc1. The topological polar surface area (TPSA) is 50.4 Å². The first-order chi connectivity index (χ1) is 10.6. The predicted molar refractivity (Wildman–Crippen MR) is 89.4 cm³/mol. The Bertz CT molecular complexity index is 623. The van der Waals surface area contributed by atoms with Crippen LogP contribution in [0.15, 0.2) is 48.5 Å². The highest BCUT2D eigenvalue weighted by atomic mass is 16.5. The molecule has 2 amide bonds. The summed E-state index contributed by atoms with van der Waals surface area (Å²) in [7, 11) is 1.60. The van der Waals surface area contributed by atoms with Crippen LogP contribution in [0.4, 0.5) is 10.5 Å². The second kappa shape index (κ2) is 7.50. The molecule has 1 atom stereocenters. The molecule has 1 unspecified atom stereocenters. The average molecular weight is 298 g/mol. The molecule has 0 bridgehead atoms. The van der Waals surface area contributed by atoms with Gasteiger partial charge in [-0.2, -0.15) is 0 Å². The Morgan fingerprint density at radius 1 is 1.18 bits per heavy atom. The summed E-state index contributed by atoms with van der Waals surface area (Å²) in [5.74, 6) is 0.711. The summed E-state index contributed by atoms with van der Waals surface area (Å²) in [6.45, 7) is 4.10. The summed E-state index contributed by atoms with van der Waals surface area (Å²) < 4.78 is 5.15. The van der Waals surface area contributed by atoms with Crippen molar-refractivity contribution in [2.24, 2.45) is 0 Å². The van der Waals surface area contributed by atoms with Gasteiger partial charge in [0.25, 0.3) is 0 Å². The van der Waals surface area contributed by atoms with Crippen molar-refractivity contribution in [3.63, 3.8) is 0 Å². The minimum Gasteiger partial charge on any atom is -0.497 e. The van der Waals surface area contributed by atoms with Crippen molar-refractivity contribution in [3.8, 4) is 5.75 Å². The third kappa shape index (κ3) is 4.25. The van der Waals surface area contributed by atoms with Crippen molar-refractivity contribution >= 4 is 11.7 Å². The smallest absolute Gasteiger partial charge is 0.319 e. The molecule has 2 N–H and O–H groups in total. The van der Waals surface area contributed by atoms with E-state index in [9.17, 15) is 4.79 Å². The van der Waals surface area contributed by atoms with Gasteiger partial charge in [0, 0.05) is 11.8 Å². The third-order valence-electron chi connectivity index (χ3n) is 3.52. The van der Waals surface area contributed by atoms with Crippen LogP contribution in [-0.2, 0) is 0 Å². The summed E-state index contributed by atoms with van der Waals surface area (Å²) in [5.41, 5.74) is 3.02. The molecule has 0 aliphatic heterocycles. The molecule has 0 aliphatic carbocycles. The quantitative estimate of drug-likeness (QED) is 0.865. The number of anilines is 1. The van der Waals surface area contributed by atoms with Crippen molar-refractivity contribution in [3.05, 3.63) is 59.7 Å². The summed E-state index contributed by atoms with van der Waals surface area (Å²) in [5, 5.41) is 5.83. The van der Waals surface area contributed by atoms with E-state index in [0.29, 0.717) is 11.4 Å². The fourth-order valence-electron chi connectivity index (χ4n) is 2.25. The molecule has 0 saturated carbocycles. The van der Waals surface area contributed by atoms with Gasteiger partial charge in [-0.15, -0.1) is 0 Å². The number of hydrogen-bond acceptors (Lipinski definition) is 2. The number of methoxy groups -OCH3 is 1. The molecule has 0 spiro atoms. The van der Waals surface area contributed by atoms with E-state index < -0.39 is 0 Å². The number of aryl methyl sites for hydroxylation is 1. The predicted octanol–water partition coefficient (Wildman–Crippen LogP) is 4.28. The van der Waals surface area contributed by atoms with Crippen molar-refractivity contribution in [1.82, 2.24) is 5.32 Å². The van der Waals surface area contributed by atoms with Crippen LogP contribution in [0.25, 0.3) is 0 Å². The van der Waals surface area contributed by atoms with E-state index in [1.807, 2.05) is 25.1 Å². The fraction of sp³-hybridized carbons (Fsp3) is 0.278. The molecular formula is C18H22N2O2. The first-order valence-electron chi connectivity index (χ1n) is 7.40. The fourth-order valence-corrected chi connectivity index (χ4v) is 2.25. The second-order valence-corrected chi connectivity index (χ2v) is 5.20. The Labute approximate surface area is 131 Å². The van der Waals surface area contributed by atoms with E-state index in [-0.39, 0.29) is 12.1 Å². The normalized spacial score (nSPS) is 11.6. The van der Waals surface area contributed by atoms with E-state index in [4.69, 9.17) is 4.74 Å². The molecule has 4 heteroatoms. The van der Waals surface area contributed by atoms with E-state index in [2.05, 4.69) is 41.8 Å². The summed E-state index contributed by atoms with van der Waals surface area (Å²) >= 11 is 0. The Morgan fingerprint density at radius 3 is 2.55 bits per heavy atom. The molecule has 0 aliphatic rings. The number of carbonyl (C=O) groups excluding carboxylic acids is 1. The number of nitrogens with one attached hydrogen (secondary N) is 2. The number of carbonyl (C=O) groups is 1. The van der Waals surface area contributed by atoms with E-state index in [1.165, 1.54) is 5.56 Å². The lowest BCUT2D eigenvalue weighted by molar-refractivity contribution is 0.248. The van der Waals surface area contributed by atoms with Gasteiger partial charge in [0.1, 0.15) is 5.75 Å². The minimum absolute atomic E-state index is 0.00814. The highest BCUT2D eigenvalue weighted by Crippen LogP contribution is 2.19. The van der Waals surface area contributed by atoms with Gasteiger partial charge in [0.05, 0.1) is 13.2 Å². The number of urea groups is 1. The lowest BCUT2D eigenvalue weighted by atomic mass is 10.0. The third-order valence-corrected chi connectivity index (χ3v) is 3.52. The minimum atomic E-state index is -0.222. The first-order valence-corrected chi connectivity index (χ1v) is 7.40. The molecule has 0 heterocycles. The summed E-state index contributed by atoms with van der Waals surface area (Å²) in [4.78, 5) is 12.2. The van der Waals surface area contributed by atoms with Gasteiger partial charge in [-0.25, -0.2) is 4.79 Å². The van der Waals surface area contributed by atoms with Crippen LogP contribution < -0.4 is 15.4 Å². The van der Waals surface area contributed by atoms with Gasteiger partial charge < -0.3 is 15.4 Å². The molecular weight excluding hydrogens is 276 g/mol. The zero-order valence-corrected chi connectivity index (χ0v) is 13.2. The number of hydrogen-bond donors (Lipinski definition) is 2. The maximum absolute atomic E-state index is 12.2. The molecule has 116 valence electrons. The van der Waals surface area contributed by atoms with Crippen LogP contribution >= 0.6 is 0 Å². The van der Waals surface area contributed by atoms with Gasteiger partial charge in [-0.1, -0.05) is 42.8 Å². The van der Waals surface area contributed by atoms with Crippen LogP contribution in [-0.4, -0.2) is 13.1 Å². The Balaban J connectivity index is 2.01. The Kier molecular flexibility index (Phi) is 5.42. The molecule has 22 heavy (non-hydrogen) atoms. The lowest BCUT2D eigenvalue weighted by Crippen LogP contribution is -2.32. The van der Waals surface area contributed by atoms with Crippen molar-refractivity contribution in [2.75, 3.05) is 12.4 Å². The van der Waals surface area contributed by atoms with Crippen LogP contribution in [0.1, 0.15) is 30.5 Å². The second-order valence-electron chi connectivity index (χ2n) is 5.20. The van der Waals surface area contributed by atoms with Gasteiger partial charge >= 0.3 is 6.03 Å². The molecule has 0 aromatic heterocycles. The van der Waals surface area contributed by atoms with Crippen LogP contribution in [0.3, 0.4) is 0 Å². The van der Waals surface area contributed by atoms with Crippen molar-refractivity contribution in [2.45, 2.75) is 26.3 Å². The highest BCUT2D eigenvalue weighted by molar-refractivity contribution is 5.89. The van der Waals surface area contributed by atoms with Gasteiger partial charge in [-0.05, 0) is 31.0 Å². The lowest BCUT2D eigenvalue weighted by Gasteiger charge is -2.18. The maximum atomic E-state index is 12.2. The molecule has 0 saturated heterocycles. The maximum Gasteiger partial charge on any atom is 0.319 e. The van der Waals surface area contributed by atoms with Crippen molar-refractivity contribution < 1.29 is 9.53 Å². The summed E-state index contributed by atoms with van der Waals surface area (Å²) in [6.07, 6.45) is 0.828. The number of benzene rings is 2. The molecule has 2 rings (SSSR count). The summed E-state index contributed by atoms with van der Waals surface area (Å²) in [6, 6.07) is 15.3. The van der Waals surface area contributed by atoms with E-state index >= 15 is 0 Å². The zero-order valence-electron chi connectivity index (χ0n) is 13.2. The molecule has 0 fully saturated rings. The van der Waals surface area contributed by atoms with Gasteiger partial charge in [0.15, 0.2) is 0 Å². The first kappa shape index (κ1) is 15.9. The van der Waals surface area contributed by atoms with Gasteiger partial charge in [-0.3, -0.25) is 0 Å². The monoisotopic (exact) mass is 298 g/mol. The van der Waals surface area contributed by atoms with Crippen LogP contribution in [0.5, 0.6) is 5.75 Å². The van der Waals surface area contributed by atoms with Crippen LogP contribution in [0.2, 0.25) is 0 Å². The highest BCUT2D eigenvalue weighted by Gasteiger charge is 2.12. The Morgan fingerprint density at radius 2 is 1.91 bits per heavy atom. The van der Waals surface area contributed by atoms with E-state index in [0.717, 1.165) is 12.0 Å². The zero-order chi connectivity index (χ0) is 15.9.